The minimum Gasteiger partial charge on any atom is -0.396 e. The van der Waals surface area contributed by atoms with Crippen LogP contribution in [0.1, 0.15) is 59.3 Å². The molecular weight excluding hydrogens is 216 g/mol. The molecule has 17 heavy (non-hydrogen) atoms. The number of carbonyl (C=O) groups excluding carboxylic acids is 1. The highest BCUT2D eigenvalue weighted by molar-refractivity contribution is 5.83. The molecule has 0 fully saturated rings. The summed E-state index contributed by atoms with van der Waals surface area (Å²) in [5.41, 5.74) is 1.07. The molecule has 1 N–H and O–H groups in total. The van der Waals surface area contributed by atoms with Gasteiger partial charge < -0.3 is 10.2 Å². The van der Waals surface area contributed by atoms with Crippen molar-refractivity contribution in [2.45, 2.75) is 59.3 Å². The van der Waals surface area contributed by atoms with Gasteiger partial charge in [0.2, 0.25) is 5.91 Å². The predicted molar refractivity (Wildman–Crippen MR) is 71.1 cm³/mol. The molecule has 0 aromatic rings. The third-order valence-corrected chi connectivity index (χ3v) is 2.50. The molecule has 1 amide bonds. The van der Waals surface area contributed by atoms with Gasteiger partial charge in [0, 0.05) is 13.0 Å². The van der Waals surface area contributed by atoms with Crippen LogP contribution in [-0.2, 0) is 9.63 Å². The molecule has 0 unspecified atom stereocenters. The van der Waals surface area contributed by atoms with Crippen LogP contribution in [0.25, 0.3) is 0 Å². The number of unbranched alkanes of at least 4 members (excludes halogenated alkanes) is 1. The highest BCUT2D eigenvalue weighted by atomic mass is 16.6. The van der Waals surface area contributed by atoms with E-state index in [9.17, 15) is 4.79 Å². The highest BCUT2D eigenvalue weighted by Gasteiger charge is 2.00. The molecule has 4 heteroatoms. The van der Waals surface area contributed by atoms with Gasteiger partial charge >= 0.3 is 0 Å². The molecule has 0 saturated heterocycles. The molecule has 0 aromatic carbocycles. The van der Waals surface area contributed by atoms with Crippen molar-refractivity contribution in [3.05, 3.63) is 0 Å². The minimum absolute atomic E-state index is 0.109. The summed E-state index contributed by atoms with van der Waals surface area (Å²) in [7, 11) is 0. The molecule has 0 aliphatic heterocycles. The van der Waals surface area contributed by atoms with E-state index in [1.54, 1.807) is 0 Å². The predicted octanol–water partition coefficient (Wildman–Crippen LogP) is 2.88. The SMILES string of the molecule is CCCCNC(=O)CCCON=C(CC)CC. The standard InChI is InChI=1S/C13H26N2O2/c1-4-7-10-14-13(16)9-8-11-17-15-12(5-2)6-3/h4-11H2,1-3H3,(H,14,16). The summed E-state index contributed by atoms with van der Waals surface area (Å²) in [6.07, 6.45) is 5.24. The summed E-state index contributed by atoms with van der Waals surface area (Å²) >= 11 is 0. The van der Waals surface area contributed by atoms with Crippen molar-refractivity contribution in [2.24, 2.45) is 5.16 Å². The first-order valence-corrected chi connectivity index (χ1v) is 6.68. The molecule has 0 radical (unpaired) electrons. The second-order valence-electron chi connectivity index (χ2n) is 4.00. The van der Waals surface area contributed by atoms with Crippen molar-refractivity contribution in [1.82, 2.24) is 5.32 Å². The molecule has 0 aromatic heterocycles. The quantitative estimate of drug-likeness (QED) is 0.364. The smallest absolute Gasteiger partial charge is 0.220 e. The van der Waals surface area contributed by atoms with Gasteiger partial charge in [-0.1, -0.05) is 32.3 Å². The lowest BCUT2D eigenvalue weighted by Gasteiger charge is -2.04. The maximum absolute atomic E-state index is 11.3. The van der Waals surface area contributed by atoms with Gasteiger partial charge in [-0.05, 0) is 25.7 Å². The first kappa shape index (κ1) is 15.9. The first-order chi connectivity index (χ1) is 8.24. The third kappa shape index (κ3) is 9.85. The second kappa shape index (κ2) is 11.4. The van der Waals surface area contributed by atoms with Crippen LogP contribution < -0.4 is 5.32 Å². The molecule has 100 valence electrons. The molecule has 0 atom stereocenters. The van der Waals surface area contributed by atoms with Gasteiger partial charge in [0.15, 0.2) is 0 Å². The average Bonchev–Trinajstić information content (AvgIpc) is 2.34. The maximum Gasteiger partial charge on any atom is 0.220 e. The number of hydrogen-bond donors (Lipinski definition) is 1. The molecule has 0 spiro atoms. The van der Waals surface area contributed by atoms with Gasteiger partial charge in [0.25, 0.3) is 0 Å². The zero-order chi connectivity index (χ0) is 12.9. The van der Waals surface area contributed by atoms with Crippen molar-refractivity contribution < 1.29 is 9.63 Å². The molecule has 0 rings (SSSR count). The third-order valence-electron chi connectivity index (χ3n) is 2.50. The molecule has 0 saturated carbocycles. The van der Waals surface area contributed by atoms with E-state index in [0.717, 1.165) is 44.4 Å². The largest absolute Gasteiger partial charge is 0.396 e. The fraction of sp³-hybridized carbons (Fsp3) is 0.846. The molecule has 0 aliphatic carbocycles. The lowest BCUT2D eigenvalue weighted by atomic mass is 10.2. The minimum atomic E-state index is 0.109. The zero-order valence-corrected chi connectivity index (χ0v) is 11.4. The number of rotatable bonds is 10. The number of amides is 1. The van der Waals surface area contributed by atoms with Crippen LogP contribution in [0.2, 0.25) is 0 Å². The molecule has 4 nitrogen and oxygen atoms in total. The van der Waals surface area contributed by atoms with Crippen molar-refractivity contribution in [2.75, 3.05) is 13.2 Å². The Balaban J connectivity index is 3.44. The number of nitrogens with one attached hydrogen (secondary N) is 1. The number of nitrogens with zero attached hydrogens (tertiary/aromatic N) is 1. The Hall–Kier alpha value is -1.06. The summed E-state index contributed by atoms with van der Waals surface area (Å²) in [5, 5.41) is 6.89. The van der Waals surface area contributed by atoms with E-state index in [2.05, 4.69) is 31.2 Å². The summed E-state index contributed by atoms with van der Waals surface area (Å²) < 4.78 is 0. The van der Waals surface area contributed by atoms with Gasteiger partial charge in [-0.15, -0.1) is 0 Å². The van der Waals surface area contributed by atoms with E-state index >= 15 is 0 Å². The Morgan fingerprint density at radius 1 is 1.18 bits per heavy atom. The Morgan fingerprint density at radius 3 is 2.47 bits per heavy atom. The summed E-state index contributed by atoms with van der Waals surface area (Å²) in [6, 6.07) is 0. The Labute approximate surface area is 105 Å². The normalized spacial score (nSPS) is 9.82. The van der Waals surface area contributed by atoms with Crippen molar-refractivity contribution in [3.63, 3.8) is 0 Å². The first-order valence-electron chi connectivity index (χ1n) is 6.68. The van der Waals surface area contributed by atoms with Gasteiger partial charge in [-0.3, -0.25) is 4.79 Å². The zero-order valence-electron chi connectivity index (χ0n) is 11.4. The van der Waals surface area contributed by atoms with E-state index in [0.29, 0.717) is 13.0 Å². The Bertz CT molecular complexity index is 221. The molecule has 0 aliphatic rings. The highest BCUT2D eigenvalue weighted by Crippen LogP contribution is 1.96. The van der Waals surface area contributed by atoms with Gasteiger partial charge in [0.05, 0.1) is 5.71 Å². The van der Waals surface area contributed by atoms with Gasteiger partial charge in [-0.25, -0.2) is 0 Å². The summed E-state index contributed by atoms with van der Waals surface area (Å²) in [6.45, 7) is 7.53. The number of carbonyl (C=O) groups is 1. The fourth-order valence-electron chi connectivity index (χ4n) is 1.31. The van der Waals surface area contributed by atoms with E-state index < -0.39 is 0 Å². The second-order valence-corrected chi connectivity index (χ2v) is 4.00. The molecule has 0 bridgehead atoms. The van der Waals surface area contributed by atoms with Crippen molar-refractivity contribution >= 4 is 11.6 Å². The van der Waals surface area contributed by atoms with E-state index in [1.165, 1.54) is 0 Å². The van der Waals surface area contributed by atoms with E-state index in [1.807, 2.05) is 0 Å². The van der Waals surface area contributed by atoms with Crippen molar-refractivity contribution in [1.29, 1.82) is 0 Å². The topological polar surface area (TPSA) is 50.7 Å². The monoisotopic (exact) mass is 242 g/mol. The van der Waals surface area contributed by atoms with Crippen LogP contribution in [0, 0.1) is 0 Å². The maximum atomic E-state index is 11.3. The lowest BCUT2D eigenvalue weighted by Crippen LogP contribution is -2.24. The molecule has 0 heterocycles. The van der Waals surface area contributed by atoms with Crippen LogP contribution in [0.15, 0.2) is 5.16 Å². The van der Waals surface area contributed by atoms with Crippen LogP contribution in [0.5, 0.6) is 0 Å². The van der Waals surface area contributed by atoms with E-state index in [-0.39, 0.29) is 5.91 Å². The van der Waals surface area contributed by atoms with Gasteiger partial charge in [0.1, 0.15) is 6.61 Å². The van der Waals surface area contributed by atoms with Crippen LogP contribution in [0.4, 0.5) is 0 Å². The Kier molecular flexibility index (Phi) is 10.7. The average molecular weight is 242 g/mol. The van der Waals surface area contributed by atoms with Crippen molar-refractivity contribution in [3.8, 4) is 0 Å². The van der Waals surface area contributed by atoms with Crippen LogP contribution >= 0.6 is 0 Å². The fourth-order valence-corrected chi connectivity index (χ4v) is 1.31. The molecular formula is C13H26N2O2. The number of oxime groups is 1. The van der Waals surface area contributed by atoms with Crippen LogP contribution in [0.3, 0.4) is 0 Å². The van der Waals surface area contributed by atoms with E-state index in [4.69, 9.17) is 4.84 Å². The number of hydrogen-bond acceptors (Lipinski definition) is 3. The Morgan fingerprint density at radius 2 is 1.88 bits per heavy atom. The lowest BCUT2D eigenvalue weighted by molar-refractivity contribution is -0.121. The van der Waals surface area contributed by atoms with Crippen LogP contribution in [-0.4, -0.2) is 24.8 Å². The summed E-state index contributed by atoms with van der Waals surface area (Å²) in [4.78, 5) is 16.5. The van der Waals surface area contributed by atoms with Gasteiger partial charge in [-0.2, -0.15) is 0 Å². The summed E-state index contributed by atoms with van der Waals surface area (Å²) in [5.74, 6) is 0.109.